The van der Waals surface area contributed by atoms with Gasteiger partial charge in [0.2, 0.25) is 5.91 Å². The first-order valence-electron chi connectivity index (χ1n) is 10.1. The molecule has 0 spiro atoms. The first-order chi connectivity index (χ1) is 14.5. The number of benzene rings is 1. The molecule has 3 aromatic rings. The summed E-state index contributed by atoms with van der Waals surface area (Å²) < 4.78 is 5.15. The summed E-state index contributed by atoms with van der Waals surface area (Å²) in [6.45, 7) is 3.85. The van der Waals surface area contributed by atoms with Crippen LogP contribution in [0.15, 0.2) is 36.4 Å². The highest BCUT2D eigenvalue weighted by Gasteiger charge is 2.24. The molecular formula is C22H26N6O2. The van der Waals surface area contributed by atoms with Crippen LogP contribution in [0.5, 0.6) is 5.75 Å². The Morgan fingerprint density at radius 1 is 1.20 bits per heavy atom. The lowest BCUT2D eigenvalue weighted by Crippen LogP contribution is -2.40. The predicted molar refractivity (Wildman–Crippen MR) is 117 cm³/mol. The van der Waals surface area contributed by atoms with E-state index in [2.05, 4.69) is 20.2 Å². The molecule has 8 nitrogen and oxygen atoms in total. The Morgan fingerprint density at radius 2 is 2.00 bits per heavy atom. The van der Waals surface area contributed by atoms with Crippen LogP contribution < -0.4 is 15.8 Å². The molecule has 1 amide bonds. The van der Waals surface area contributed by atoms with Crippen molar-refractivity contribution in [1.29, 1.82) is 0 Å². The topological polar surface area (TPSA) is 106 Å². The minimum Gasteiger partial charge on any atom is -0.497 e. The number of fused-ring (bicyclic) bond motifs is 1. The molecule has 0 unspecified atom stereocenters. The van der Waals surface area contributed by atoms with E-state index in [1.54, 1.807) is 7.11 Å². The molecule has 2 aromatic heterocycles. The highest BCUT2D eigenvalue weighted by atomic mass is 16.5. The Bertz CT molecular complexity index is 1050. The van der Waals surface area contributed by atoms with E-state index in [0.29, 0.717) is 23.8 Å². The minimum atomic E-state index is -0.0246. The van der Waals surface area contributed by atoms with Crippen molar-refractivity contribution in [1.82, 2.24) is 19.9 Å². The van der Waals surface area contributed by atoms with Gasteiger partial charge >= 0.3 is 0 Å². The fraction of sp³-hybridized carbons (Fsp3) is 0.364. The first-order valence-corrected chi connectivity index (χ1v) is 10.1. The molecule has 0 saturated carbocycles. The average Bonchev–Trinajstić information content (AvgIpc) is 2.74. The third kappa shape index (κ3) is 4.49. The zero-order valence-corrected chi connectivity index (χ0v) is 17.3. The second-order valence-electron chi connectivity index (χ2n) is 7.61. The number of nitrogens with one attached hydrogen (secondary N) is 1. The number of ether oxygens (including phenoxy) is 1. The molecule has 1 aliphatic rings. The van der Waals surface area contributed by atoms with E-state index in [4.69, 9.17) is 15.5 Å². The first kappa shape index (κ1) is 20.0. The molecule has 3 heterocycles. The van der Waals surface area contributed by atoms with Gasteiger partial charge in [-0.05, 0) is 62.7 Å². The number of nitrogen functional groups attached to an aromatic ring is 1. The quantitative estimate of drug-likeness (QED) is 0.671. The van der Waals surface area contributed by atoms with Crippen LogP contribution in [0.1, 0.15) is 30.3 Å². The predicted octanol–water partition coefficient (Wildman–Crippen LogP) is 2.74. The fourth-order valence-corrected chi connectivity index (χ4v) is 3.91. The van der Waals surface area contributed by atoms with Crippen molar-refractivity contribution in [3.8, 4) is 5.75 Å². The molecule has 1 atom stereocenters. The summed E-state index contributed by atoms with van der Waals surface area (Å²) in [7, 11) is 1.62. The van der Waals surface area contributed by atoms with Crippen molar-refractivity contribution in [2.24, 2.45) is 0 Å². The number of nitrogens with zero attached hydrogens (tertiary/aromatic N) is 4. The Balaban J connectivity index is 1.41. The Kier molecular flexibility index (Phi) is 5.76. The molecule has 1 fully saturated rings. The minimum absolute atomic E-state index is 0.0246. The normalized spacial score (nSPS) is 17.1. The van der Waals surface area contributed by atoms with Crippen molar-refractivity contribution >= 4 is 28.4 Å². The van der Waals surface area contributed by atoms with Crippen molar-refractivity contribution in [2.45, 2.75) is 25.7 Å². The zero-order valence-electron chi connectivity index (χ0n) is 17.3. The highest BCUT2D eigenvalue weighted by Crippen LogP contribution is 2.27. The molecule has 1 saturated heterocycles. The number of methoxy groups -OCH3 is 1. The molecule has 30 heavy (non-hydrogen) atoms. The number of amides is 1. The SMILES string of the molecule is COc1ccc(NC(=O)CN2CCC[C@H](c3ccc4c(N)nc(C)nc4n3)C2)cc1. The molecule has 3 N–H and O–H groups in total. The number of carbonyl (C=O) groups is 1. The fourth-order valence-electron chi connectivity index (χ4n) is 3.91. The number of rotatable bonds is 5. The number of hydrogen-bond donors (Lipinski definition) is 2. The summed E-state index contributed by atoms with van der Waals surface area (Å²) in [6, 6.07) is 11.3. The average molecular weight is 406 g/mol. The zero-order chi connectivity index (χ0) is 21.1. The van der Waals surface area contributed by atoms with Crippen molar-refractivity contribution in [3.63, 3.8) is 0 Å². The van der Waals surface area contributed by atoms with E-state index < -0.39 is 0 Å². The van der Waals surface area contributed by atoms with Crippen molar-refractivity contribution in [3.05, 3.63) is 47.9 Å². The van der Waals surface area contributed by atoms with Gasteiger partial charge in [0.25, 0.3) is 0 Å². The van der Waals surface area contributed by atoms with E-state index in [-0.39, 0.29) is 11.8 Å². The number of pyridine rings is 1. The van der Waals surface area contributed by atoms with Crippen LogP contribution in [0, 0.1) is 6.92 Å². The van der Waals surface area contributed by atoms with Crippen LogP contribution in [0.3, 0.4) is 0 Å². The van der Waals surface area contributed by atoms with Gasteiger partial charge in [0.05, 0.1) is 19.0 Å². The standard InChI is InChI=1S/C22H26N6O2/c1-14-24-21(23)18-9-10-19(27-22(18)25-14)15-4-3-11-28(12-15)13-20(29)26-16-5-7-17(30-2)8-6-16/h5-10,15H,3-4,11-13H2,1-2H3,(H,26,29)(H2,23,24,25,27)/t15-/m0/s1. The molecular weight excluding hydrogens is 380 g/mol. The second kappa shape index (κ2) is 8.62. The number of aromatic nitrogens is 3. The van der Waals surface area contributed by atoms with Gasteiger partial charge in [-0.2, -0.15) is 0 Å². The maximum Gasteiger partial charge on any atom is 0.238 e. The van der Waals surface area contributed by atoms with Gasteiger partial charge in [0.15, 0.2) is 5.65 Å². The third-order valence-electron chi connectivity index (χ3n) is 5.39. The van der Waals surface area contributed by atoms with Crippen LogP contribution in [0.2, 0.25) is 0 Å². The molecule has 0 aliphatic carbocycles. The summed E-state index contributed by atoms with van der Waals surface area (Å²) in [4.78, 5) is 28.1. The van der Waals surface area contributed by atoms with Crippen LogP contribution in [-0.2, 0) is 4.79 Å². The summed E-state index contributed by atoms with van der Waals surface area (Å²) in [5.74, 6) is 2.07. The van der Waals surface area contributed by atoms with E-state index in [1.165, 1.54) is 0 Å². The Morgan fingerprint density at radius 3 is 2.77 bits per heavy atom. The van der Waals surface area contributed by atoms with Gasteiger partial charge in [0.1, 0.15) is 17.4 Å². The van der Waals surface area contributed by atoms with Crippen molar-refractivity contribution in [2.75, 3.05) is 37.8 Å². The molecule has 1 aromatic carbocycles. The number of piperidine rings is 1. The number of aryl methyl sites for hydroxylation is 1. The lowest BCUT2D eigenvalue weighted by Gasteiger charge is -2.32. The molecule has 1 aliphatic heterocycles. The summed E-state index contributed by atoms with van der Waals surface area (Å²) >= 11 is 0. The Labute approximate surface area is 175 Å². The molecule has 0 bridgehead atoms. The van der Waals surface area contributed by atoms with E-state index in [0.717, 1.165) is 48.4 Å². The molecule has 156 valence electrons. The van der Waals surface area contributed by atoms with Crippen LogP contribution in [-0.4, -0.2) is 52.5 Å². The van der Waals surface area contributed by atoms with Crippen LogP contribution in [0.4, 0.5) is 11.5 Å². The van der Waals surface area contributed by atoms with E-state index in [1.807, 2.05) is 43.3 Å². The highest BCUT2D eigenvalue weighted by molar-refractivity contribution is 5.92. The maximum absolute atomic E-state index is 12.5. The number of hydrogen-bond acceptors (Lipinski definition) is 7. The molecule has 8 heteroatoms. The van der Waals surface area contributed by atoms with Crippen LogP contribution in [0.25, 0.3) is 11.0 Å². The third-order valence-corrected chi connectivity index (χ3v) is 5.39. The van der Waals surface area contributed by atoms with Gasteiger partial charge in [-0.1, -0.05) is 0 Å². The molecule has 0 radical (unpaired) electrons. The van der Waals surface area contributed by atoms with Gasteiger partial charge < -0.3 is 15.8 Å². The monoisotopic (exact) mass is 406 g/mol. The lowest BCUT2D eigenvalue weighted by molar-refractivity contribution is -0.117. The van der Waals surface area contributed by atoms with Gasteiger partial charge in [-0.15, -0.1) is 0 Å². The smallest absolute Gasteiger partial charge is 0.238 e. The van der Waals surface area contributed by atoms with Crippen molar-refractivity contribution < 1.29 is 9.53 Å². The van der Waals surface area contributed by atoms with Crippen LogP contribution >= 0.6 is 0 Å². The Hall–Kier alpha value is -3.26. The van der Waals surface area contributed by atoms with Gasteiger partial charge in [-0.25, -0.2) is 15.0 Å². The van der Waals surface area contributed by atoms with E-state index in [9.17, 15) is 4.79 Å². The van der Waals surface area contributed by atoms with E-state index >= 15 is 0 Å². The van der Waals surface area contributed by atoms with Gasteiger partial charge in [-0.3, -0.25) is 9.69 Å². The van der Waals surface area contributed by atoms with Gasteiger partial charge in [0, 0.05) is 23.8 Å². The number of likely N-dealkylation sites (tertiary alicyclic amines) is 1. The summed E-state index contributed by atoms with van der Waals surface area (Å²) in [6.07, 6.45) is 2.06. The number of nitrogens with two attached hydrogens (primary N) is 1. The lowest BCUT2D eigenvalue weighted by atomic mass is 9.94. The number of carbonyl (C=O) groups excluding carboxylic acids is 1. The second-order valence-corrected chi connectivity index (χ2v) is 7.61. The summed E-state index contributed by atoms with van der Waals surface area (Å²) in [5.41, 5.74) is 8.37. The number of anilines is 2. The summed E-state index contributed by atoms with van der Waals surface area (Å²) in [5, 5.41) is 3.72. The largest absolute Gasteiger partial charge is 0.497 e. The molecule has 4 rings (SSSR count). The maximum atomic E-state index is 12.5.